The van der Waals surface area contributed by atoms with Crippen LogP contribution in [0.4, 0.5) is 5.95 Å². The number of aromatic nitrogens is 2. The molecular weight excluding hydrogens is 302 g/mol. The number of hydrogen-bond donors (Lipinski definition) is 1. The predicted octanol–water partition coefficient (Wildman–Crippen LogP) is 2.25. The van der Waals surface area contributed by atoms with Crippen LogP contribution >= 0.6 is 11.6 Å². The van der Waals surface area contributed by atoms with Crippen molar-refractivity contribution in [1.82, 2.24) is 9.97 Å². The van der Waals surface area contributed by atoms with E-state index in [0.29, 0.717) is 11.3 Å². The molecule has 1 aromatic carbocycles. The Bertz CT molecular complexity index is 720. The van der Waals surface area contributed by atoms with Gasteiger partial charge in [0, 0.05) is 12.4 Å². The van der Waals surface area contributed by atoms with Gasteiger partial charge in [0.25, 0.3) is 10.0 Å². The van der Waals surface area contributed by atoms with Gasteiger partial charge in [0.2, 0.25) is 5.95 Å². The fourth-order valence-corrected chi connectivity index (χ4v) is 3.13. The second-order valence-electron chi connectivity index (χ2n) is 3.93. The summed E-state index contributed by atoms with van der Waals surface area (Å²) in [5, 5.41) is 0.215. The fourth-order valence-electron chi connectivity index (χ4n) is 1.61. The Balaban J connectivity index is 2.42. The van der Waals surface area contributed by atoms with Crippen molar-refractivity contribution in [2.75, 3.05) is 11.8 Å². The van der Waals surface area contributed by atoms with Gasteiger partial charge in [0.15, 0.2) is 0 Å². The van der Waals surface area contributed by atoms with Gasteiger partial charge in [-0.05, 0) is 30.7 Å². The first kappa shape index (κ1) is 14.5. The lowest BCUT2D eigenvalue weighted by atomic mass is 10.2. The van der Waals surface area contributed by atoms with E-state index in [0.717, 1.165) is 0 Å². The van der Waals surface area contributed by atoms with E-state index in [1.807, 2.05) is 0 Å². The van der Waals surface area contributed by atoms with Gasteiger partial charge in [-0.2, -0.15) is 0 Å². The molecule has 8 heteroatoms. The van der Waals surface area contributed by atoms with E-state index in [-0.39, 0.29) is 15.9 Å². The molecule has 0 spiro atoms. The summed E-state index contributed by atoms with van der Waals surface area (Å²) < 4.78 is 31.9. The molecule has 0 fully saturated rings. The van der Waals surface area contributed by atoms with E-state index in [2.05, 4.69) is 14.7 Å². The third-order valence-corrected chi connectivity index (χ3v) is 4.30. The summed E-state index contributed by atoms with van der Waals surface area (Å²) in [7, 11) is -2.34. The molecule has 2 rings (SSSR count). The van der Waals surface area contributed by atoms with Gasteiger partial charge in [0.05, 0.1) is 17.0 Å². The van der Waals surface area contributed by atoms with Gasteiger partial charge < -0.3 is 4.74 Å². The quantitative estimate of drug-likeness (QED) is 0.936. The number of nitrogens with one attached hydrogen (secondary N) is 1. The standard InChI is InChI=1S/C12H12ClN3O3S/c1-8-6-10(19-2)9(13)7-11(8)20(17,18)16-12-14-4-3-5-15-12/h3-7H,1-2H3,(H,14,15,16). The van der Waals surface area contributed by atoms with Crippen LogP contribution < -0.4 is 9.46 Å². The number of anilines is 1. The molecule has 106 valence electrons. The smallest absolute Gasteiger partial charge is 0.264 e. The topological polar surface area (TPSA) is 81.2 Å². The zero-order valence-electron chi connectivity index (χ0n) is 10.8. The molecule has 0 aliphatic rings. The van der Waals surface area contributed by atoms with Crippen LogP contribution in [0.3, 0.4) is 0 Å². The minimum Gasteiger partial charge on any atom is -0.495 e. The van der Waals surface area contributed by atoms with Crippen molar-refractivity contribution >= 4 is 27.6 Å². The fraction of sp³-hybridized carbons (Fsp3) is 0.167. The van der Waals surface area contributed by atoms with Crippen LogP contribution in [-0.4, -0.2) is 25.5 Å². The number of methoxy groups -OCH3 is 1. The summed E-state index contributed by atoms with van der Waals surface area (Å²) in [6, 6.07) is 4.48. The van der Waals surface area contributed by atoms with Crippen molar-refractivity contribution in [3.8, 4) is 5.75 Å². The van der Waals surface area contributed by atoms with Crippen molar-refractivity contribution in [3.05, 3.63) is 41.2 Å². The number of ether oxygens (including phenoxy) is 1. The minimum absolute atomic E-state index is 0.00107. The maximum atomic E-state index is 12.3. The maximum Gasteiger partial charge on any atom is 0.264 e. The Kier molecular flexibility index (Phi) is 4.10. The van der Waals surface area contributed by atoms with Gasteiger partial charge in [-0.15, -0.1) is 0 Å². The largest absolute Gasteiger partial charge is 0.495 e. The summed E-state index contributed by atoms with van der Waals surface area (Å²) in [5.74, 6) is 0.415. The van der Waals surface area contributed by atoms with Gasteiger partial charge in [-0.25, -0.2) is 23.1 Å². The summed E-state index contributed by atoms with van der Waals surface area (Å²) in [4.78, 5) is 7.68. The van der Waals surface area contributed by atoms with E-state index >= 15 is 0 Å². The number of rotatable bonds is 4. The molecule has 0 amide bonds. The van der Waals surface area contributed by atoms with Crippen molar-refractivity contribution in [2.45, 2.75) is 11.8 Å². The number of hydrogen-bond acceptors (Lipinski definition) is 5. The third kappa shape index (κ3) is 3.00. The molecule has 0 bridgehead atoms. The van der Waals surface area contributed by atoms with Crippen molar-refractivity contribution in [1.29, 1.82) is 0 Å². The van der Waals surface area contributed by atoms with Gasteiger partial charge >= 0.3 is 0 Å². The molecule has 2 aromatic rings. The first-order valence-electron chi connectivity index (χ1n) is 5.58. The van der Waals surface area contributed by atoms with Crippen molar-refractivity contribution in [2.24, 2.45) is 0 Å². The van der Waals surface area contributed by atoms with E-state index in [1.54, 1.807) is 19.1 Å². The number of benzene rings is 1. The van der Waals surface area contributed by atoms with E-state index in [9.17, 15) is 8.42 Å². The van der Waals surface area contributed by atoms with E-state index < -0.39 is 10.0 Å². The molecule has 1 N–H and O–H groups in total. The van der Waals surface area contributed by atoms with Crippen LogP contribution in [-0.2, 0) is 10.0 Å². The summed E-state index contributed by atoms with van der Waals surface area (Å²) >= 11 is 5.96. The third-order valence-electron chi connectivity index (χ3n) is 2.53. The Labute approximate surface area is 121 Å². The van der Waals surface area contributed by atoms with E-state index in [1.165, 1.54) is 25.6 Å². The second-order valence-corrected chi connectivity index (χ2v) is 5.99. The molecule has 0 aliphatic carbocycles. The van der Waals surface area contributed by atoms with Gasteiger partial charge in [0.1, 0.15) is 5.75 Å². The zero-order chi connectivity index (χ0) is 14.8. The van der Waals surface area contributed by atoms with Crippen molar-refractivity contribution < 1.29 is 13.2 Å². The van der Waals surface area contributed by atoms with Crippen LogP contribution in [0.15, 0.2) is 35.5 Å². The highest BCUT2D eigenvalue weighted by molar-refractivity contribution is 7.92. The molecule has 0 saturated carbocycles. The first-order chi connectivity index (χ1) is 9.44. The Hall–Kier alpha value is -1.86. The minimum atomic E-state index is -3.81. The second kappa shape index (κ2) is 5.64. The normalized spacial score (nSPS) is 11.2. The predicted molar refractivity (Wildman–Crippen MR) is 75.6 cm³/mol. The molecule has 0 radical (unpaired) electrons. The van der Waals surface area contributed by atoms with Crippen molar-refractivity contribution in [3.63, 3.8) is 0 Å². The summed E-state index contributed by atoms with van der Waals surface area (Å²) in [6.45, 7) is 1.65. The van der Waals surface area contributed by atoms with Crippen LogP contribution in [0.5, 0.6) is 5.75 Å². The summed E-state index contributed by atoms with van der Waals surface area (Å²) in [6.07, 6.45) is 2.89. The average molecular weight is 314 g/mol. The van der Waals surface area contributed by atoms with Crippen LogP contribution in [0, 0.1) is 6.92 Å². The SMILES string of the molecule is COc1cc(C)c(S(=O)(=O)Nc2ncccn2)cc1Cl. The number of halogens is 1. The molecule has 0 atom stereocenters. The van der Waals surface area contributed by atoms with Gasteiger partial charge in [-0.1, -0.05) is 11.6 Å². The molecule has 20 heavy (non-hydrogen) atoms. The molecular formula is C12H12ClN3O3S. The number of aryl methyl sites for hydroxylation is 1. The molecule has 0 aliphatic heterocycles. The monoisotopic (exact) mass is 313 g/mol. The van der Waals surface area contributed by atoms with Crippen LogP contribution in [0.1, 0.15) is 5.56 Å². The maximum absolute atomic E-state index is 12.3. The molecule has 6 nitrogen and oxygen atoms in total. The zero-order valence-corrected chi connectivity index (χ0v) is 12.4. The lowest BCUT2D eigenvalue weighted by Gasteiger charge is -2.11. The first-order valence-corrected chi connectivity index (χ1v) is 7.44. The molecule has 1 heterocycles. The number of nitrogens with zero attached hydrogens (tertiary/aromatic N) is 2. The Morgan fingerprint density at radius 3 is 2.50 bits per heavy atom. The highest BCUT2D eigenvalue weighted by atomic mass is 35.5. The lowest BCUT2D eigenvalue weighted by Crippen LogP contribution is -2.16. The Morgan fingerprint density at radius 1 is 1.25 bits per heavy atom. The molecule has 0 unspecified atom stereocenters. The lowest BCUT2D eigenvalue weighted by molar-refractivity contribution is 0.414. The highest BCUT2D eigenvalue weighted by Gasteiger charge is 2.20. The average Bonchev–Trinajstić information content (AvgIpc) is 2.41. The van der Waals surface area contributed by atoms with Crippen LogP contribution in [0.25, 0.3) is 0 Å². The number of sulfonamides is 1. The molecule has 1 aromatic heterocycles. The highest BCUT2D eigenvalue weighted by Crippen LogP contribution is 2.30. The Morgan fingerprint density at radius 2 is 1.90 bits per heavy atom. The van der Waals surface area contributed by atoms with Gasteiger partial charge in [-0.3, -0.25) is 0 Å². The molecule has 0 saturated heterocycles. The summed E-state index contributed by atoms with van der Waals surface area (Å²) in [5.41, 5.74) is 0.509. The van der Waals surface area contributed by atoms with Crippen LogP contribution in [0.2, 0.25) is 5.02 Å². The van der Waals surface area contributed by atoms with E-state index in [4.69, 9.17) is 16.3 Å².